The Morgan fingerprint density at radius 2 is 2.05 bits per heavy atom. The SMILES string of the molecule is Nc1ccccc1-c1csc(CCN2CCNCC2)n1. The van der Waals surface area contributed by atoms with E-state index in [1.54, 1.807) is 11.3 Å². The first-order valence-corrected chi connectivity index (χ1v) is 7.93. The van der Waals surface area contributed by atoms with Gasteiger partial charge in [0.1, 0.15) is 0 Å². The van der Waals surface area contributed by atoms with Crippen molar-refractivity contribution in [3.63, 3.8) is 0 Å². The Morgan fingerprint density at radius 3 is 2.85 bits per heavy atom. The van der Waals surface area contributed by atoms with Crippen LogP contribution in [0.15, 0.2) is 29.6 Å². The van der Waals surface area contributed by atoms with Crippen LogP contribution < -0.4 is 11.1 Å². The van der Waals surface area contributed by atoms with Crippen LogP contribution in [0.2, 0.25) is 0 Å². The molecule has 3 rings (SSSR count). The van der Waals surface area contributed by atoms with Crippen molar-refractivity contribution < 1.29 is 0 Å². The smallest absolute Gasteiger partial charge is 0.0945 e. The van der Waals surface area contributed by atoms with E-state index in [0.717, 1.165) is 56.1 Å². The molecule has 106 valence electrons. The number of hydrogen-bond acceptors (Lipinski definition) is 5. The maximum atomic E-state index is 6.00. The number of para-hydroxylation sites is 1. The Labute approximate surface area is 123 Å². The highest BCUT2D eigenvalue weighted by Crippen LogP contribution is 2.26. The normalized spacial score (nSPS) is 16.4. The van der Waals surface area contributed by atoms with Crippen molar-refractivity contribution in [2.45, 2.75) is 6.42 Å². The molecule has 2 heterocycles. The predicted octanol–water partition coefficient (Wildman–Crippen LogP) is 1.84. The number of aromatic nitrogens is 1. The maximum absolute atomic E-state index is 6.00. The van der Waals surface area contributed by atoms with Crippen LogP contribution in [0.25, 0.3) is 11.3 Å². The van der Waals surface area contributed by atoms with Gasteiger partial charge in [-0.1, -0.05) is 18.2 Å². The Hall–Kier alpha value is -1.43. The van der Waals surface area contributed by atoms with Gasteiger partial charge in [-0.05, 0) is 6.07 Å². The van der Waals surface area contributed by atoms with Crippen molar-refractivity contribution in [1.82, 2.24) is 15.2 Å². The van der Waals surface area contributed by atoms with Crippen LogP contribution in [0.1, 0.15) is 5.01 Å². The maximum Gasteiger partial charge on any atom is 0.0945 e. The molecule has 0 atom stereocenters. The van der Waals surface area contributed by atoms with Gasteiger partial charge in [0.05, 0.1) is 10.7 Å². The van der Waals surface area contributed by atoms with E-state index in [0.29, 0.717) is 0 Å². The minimum Gasteiger partial charge on any atom is -0.398 e. The quantitative estimate of drug-likeness (QED) is 0.843. The van der Waals surface area contributed by atoms with E-state index in [-0.39, 0.29) is 0 Å². The third-order valence-corrected chi connectivity index (χ3v) is 4.55. The fourth-order valence-electron chi connectivity index (χ4n) is 2.47. The second-order valence-corrected chi connectivity index (χ2v) is 6.00. The number of nitrogens with zero attached hydrogens (tertiary/aromatic N) is 2. The van der Waals surface area contributed by atoms with E-state index in [4.69, 9.17) is 10.7 Å². The summed E-state index contributed by atoms with van der Waals surface area (Å²) in [5, 5.41) is 6.68. The summed E-state index contributed by atoms with van der Waals surface area (Å²) in [7, 11) is 0. The van der Waals surface area contributed by atoms with E-state index < -0.39 is 0 Å². The van der Waals surface area contributed by atoms with Crippen LogP contribution in [0.3, 0.4) is 0 Å². The third kappa shape index (κ3) is 3.17. The lowest BCUT2D eigenvalue weighted by Gasteiger charge is -2.26. The molecule has 1 aromatic heterocycles. The molecule has 0 amide bonds. The molecule has 1 saturated heterocycles. The molecule has 3 N–H and O–H groups in total. The molecule has 1 fully saturated rings. The highest BCUT2D eigenvalue weighted by Gasteiger charge is 2.11. The summed E-state index contributed by atoms with van der Waals surface area (Å²) in [6.07, 6.45) is 1.03. The largest absolute Gasteiger partial charge is 0.398 e. The van der Waals surface area contributed by atoms with Crippen molar-refractivity contribution in [2.24, 2.45) is 0 Å². The number of nitrogens with one attached hydrogen (secondary N) is 1. The molecule has 2 aromatic rings. The summed E-state index contributed by atoms with van der Waals surface area (Å²) in [6, 6.07) is 7.92. The molecule has 1 aliphatic rings. The third-order valence-electron chi connectivity index (χ3n) is 3.64. The molecule has 0 saturated carbocycles. The number of anilines is 1. The number of rotatable bonds is 4. The summed E-state index contributed by atoms with van der Waals surface area (Å²) in [6.45, 7) is 5.58. The lowest BCUT2D eigenvalue weighted by Crippen LogP contribution is -2.44. The number of nitrogen functional groups attached to an aromatic ring is 1. The zero-order valence-corrected chi connectivity index (χ0v) is 12.3. The molecule has 0 aliphatic carbocycles. The highest BCUT2D eigenvalue weighted by molar-refractivity contribution is 7.09. The van der Waals surface area contributed by atoms with E-state index in [1.807, 2.05) is 24.3 Å². The van der Waals surface area contributed by atoms with Gasteiger partial charge in [0.15, 0.2) is 0 Å². The average molecular weight is 288 g/mol. The van der Waals surface area contributed by atoms with Crippen molar-refractivity contribution in [2.75, 3.05) is 38.5 Å². The van der Waals surface area contributed by atoms with E-state index in [9.17, 15) is 0 Å². The van der Waals surface area contributed by atoms with Gasteiger partial charge in [-0.25, -0.2) is 4.98 Å². The predicted molar refractivity (Wildman–Crippen MR) is 85.0 cm³/mol. The Morgan fingerprint density at radius 1 is 1.25 bits per heavy atom. The monoisotopic (exact) mass is 288 g/mol. The summed E-state index contributed by atoms with van der Waals surface area (Å²) in [5.41, 5.74) is 8.84. The Kier molecular flexibility index (Phi) is 4.30. The topological polar surface area (TPSA) is 54.2 Å². The molecule has 4 nitrogen and oxygen atoms in total. The van der Waals surface area contributed by atoms with Crippen LogP contribution in [0.4, 0.5) is 5.69 Å². The molecule has 0 spiro atoms. The molecule has 20 heavy (non-hydrogen) atoms. The van der Waals surface area contributed by atoms with Crippen molar-refractivity contribution in [3.05, 3.63) is 34.7 Å². The summed E-state index contributed by atoms with van der Waals surface area (Å²) in [4.78, 5) is 7.22. The number of nitrogens with two attached hydrogens (primary N) is 1. The van der Waals surface area contributed by atoms with Crippen LogP contribution in [-0.2, 0) is 6.42 Å². The standard InChI is InChI=1S/C15H20N4S/c16-13-4-2-1-3-12(13)14-11-20-15(18-14)5-8-19-9-6-17-7-10-19/h1-4,11,17H,5-10,16H2. The molecule has 1 aliphatic heterocycles. The highest BCUT2D eigenvalue weighted by atomic mass is 32.1. The summed E-state index contributed by atoms with van der Waals surface area (Å²) >= 11 is 1.73. The summed E-state index contributed by atoms with van der Waals surface area (Å²) in [5.74, 6) is 0. The van der Waals surface area contributed by atoms with Gasteiger partial charge in [-0.3, -0.25) is 0 Å². The number of piperazine rings is 1. The molecule has 0 bridgehead atoms. The number of benzene rings is 1. The van der Waals surface area contributed by atoms with Gasteiger partial charge >= 0.3 is 0 Å². The Balaban J connectivity index is 1.63. The molecular formula is C15H20N4S. The fraction of sp³-hybridized carbons (Fsp3) is 0.400. The van der Waals surface area contributed by atoms with Crippen LogP contribution in [0, 0.1) is 0 Å². The number of hydrogen-bond donors (Lipinski definition) is 2. The molecule has 0 radical (unpaired) electrons. The van der Waals surface area contributed by atoms with Gasteiger partial charge in [-0.15, -0.1) is 11.3 Å². The number of thiazole rings is 1. The molecule has 0 unspecified atom stereocenters. The van der Waals surface area contributed by atoms with Gasteiger partial charge in [0.2, 0.25) is 0 Å². The Bertz CT molecular complexity index is 561. The second kappa shape index (κ2) is 6.35. The van der Waals surface area contributed by atoms with Crippen molar-refractivity contribution >= 4 is 17.0 Å². The zero-order chi connectivity index (χ0) is 13.8. The van der Waals surface area contributed by atoms with Crippen LogP contribution >= 0.6 is 11.3 Å². The molecular weight excluding hydrogens is 268 g/mol. The minimum absolute atomic E-state index is 0.798. The van der Waals surface area contributed by atoms with E-state index in [2.05, 4.69) is 15.6 Å². The van der Waals surface area contributed by atoms with Crippen LogP contribution in [0.5, 0.6) is 0 Å². The zero-order valence-electron chi connectivity index (χ0n) is 11.5. The summed E-state index contributed by atoms with van der Waals surface area (Å²) < 4.78 is 0. The average Bonchev–Trinajstić information content (AvgIpc) is 2.95. The lowest BCUT2D eigenvalue weighted by atomic mass is 10.1. The second-order valence-electron chi connectivity index (χ2n) is 5.06. The lowest BCUT2D eigenvalue weighted by molar-refractivity contribution is 0.244. The first kappa shape index (κ1) is 13.5. The van der Waals surface area contributed by atoms with Gasteiger partial charge in [0.25, 0.3) is 0 Å². The first-order valence-electron chi connectivity index (χ1n) is 7.05. The first-order chi connectivity index (χ1) is 9.83. The van der Waals surface area contributed by atoms with Crippen molar-refractivity contribution in [1.29, 1.82) is 0 Å². The molecule has 1 aromatic carbocycles. The van der Waals surface area contributed by atoms with Gasteiger partial charge in [-0.2, -0.15) is 0 Å². The van der Waals surface area contributed by atoms with Gasteiger partial charge in [0, 0.05) is 55.8 Å². The van der Waals surface area contributed by atoms with Crippen LogP contribution in [-0.4, -0.2) is 42.6 Å². The van der Waals surface area contributed by atoms with Crippen molar-refractivity contribution in [3.8, 4) is 11.3 Å². The fourth-order valence-corrected chi connectivity index (χ4v) is 3.26. The molecule has 5 heteroatoms. The van der Waals surface area contributed by atoms with Gasteiger partial charge < -0.3 is 16.0 Å². The minimum atomic E-state index is 0.798. The van der Waals surface area contributed by atoms with E-state index >= 15 is 0 Å². The van der Waals surface area contributed by atoms with E-state index in [1.165, 1.54) is 5.01 Å².